The van der Waals surface area contributed by atoms with E-state index in [2.05, 4.69) is 5.32 Å². The Hall–Kier alpha value is -2.38. The fraction of sp³-hybridized carbons (Fsp3) is 0.200. The van der Waals surface area contributed by atoms with Crippen LogP contribution < -0.4 is 11.1 Å². The molecule has 1 unspecified atom stereocenters. The van der Waals surface area contributed by atoms with Crippen LogP contribution in [0.4, 0.5) is 10.7 Å². The monoisotopic (exact) mass is 318 g/mol. The topological polar surface area (TPSA) is 102 Å². The number of carbonyl (C=O) groups is 2. The molecular formula is C15H14N2O4S. The van der Waals surface area contributed by atoms with Crippen LogP contribution >= 0.6 is 11.3 Å². The van der Waals surface area contributed by atoms with Crippen LogP contribution in [-0.4, -0.2) is 23.1 Å². The number of carboxylic acid groups (broad SMARTS) is 1. The van der Waals surface area contributed by atoms with E-state index in [-0.39, 0.29) is 29.5 Å². The summed E-state index contributed by atoms with van der Waals surface area (Å²) in [5, 5.41) is 12.3. The molecule has 1 aromatic heterocycles. The lowest BCUT2D eigenvalue weighted by Gasteiger charge is -2.22. The van der Waals surface area contributed by atoms with Gasteiger partial charge in [0.25, 0.3) is 5.91 Å². The van der Waals surface area contributed by atoms with Crippen LogP contribution in [0, 0.1) is 0 Å². The third kappa shape index (κ3) is 2.68. The summed E-state index contributed by atoms with van der Waals surface area (Å²) in [7, 11) is 0. The molecule has 6 nitrogen and oxygen atoms in total. The number of amides is 1. The molecule has 4 N–H and O–H groups in total. The van der Waals surface area contributed by atoms with Crippen LogP contribution in [0.15, 0.2) is 30.3 Å². The fourth-order valence-corrected chi connectivity index (χ4v) is 3.45. The van der Waals surface area contributed by atoms with E-state index in [1.165, 1.54) is 11.3 Å². The van der Waals surface area contributed by atoms with Crippen molar-refractivity contribution in [3.63, 3.8) is 0 Å². The van der Waals surface area contributed by atoms with Crippen LogP contribution in [0.3, 0.4) is 0 Å². The van der Waals surface area contributed by atoms with Crippen LogP contribution in [0.1, 0.15) is 20.8 Å². The zero-order valence-corrected chi connectivity index (χ0v) is 12.4. The highest BCUT2D eigenvalue weighted by atomic mass is 32.1. The second-order valence-corrected chi connectivity index (χ2v) is 6.04. The fourth-order valence-electron chi connectivity index (χ4n) is 2.43. The lowest BCUT2D eigenvalue weighted by Crippen LogP contribution is -2.35. The van der Waals surface area contributed by atoms with Crippen molar-refractivity contribution in [3.05, 3.63) is 46.3 Å². The van der Waals surface area contributed by atoms with Gasteiger partial charge in [0.05, 0.1) is 12.2 Å². The largest absolute Gasteiger partial charge is 0.478 e. The summed E-state index contributed by atoms with van der Waals surface area (Å²) in [4.78, 5) is 24.3. The lowest BCUT2D eigenvalue weighted by molar-refractivity contribution is -0.128. The van der Waals surface area contributed by atoms with Gasteiger partial charge in [-0.3, -0.25) is 4.79 Å². The van der Waals surface area contributed by atoms with E-state index >= 15 is 0 Å². The van der Waals surface area contributed by atoms with Crippen LogP contribution in [0.25, 0.3) is 0 Å². The number of aromatic carboxylic acids is 1. The number of anilines is 2. The van der Waals surface area contributed by atoms with Crippen molar-refractivity contribution in [3.8, 4) is 0 Å². The summed E-state index contributed by atoms with van der Waals surface area (Å²) < 4.78 is 5.54. The Morgan fingerprint density at radius 2 is 2.05 bits per heavy atom. The lowest BCUT2D eigenvalue weighted by atomic mass is 10.0. The number of benzene rings is 1. The molecule has 22 heavy (non-hydrogen) atoms. The number of para-hydroxylation sites is 1. The highest BCUT2D eigenvalue weighted by Crippen LogP contribution is 2.36. The third-order valence-corrected chi connectivity index (χ3v) is 4.51. The number of fused-ring (bicyclic) bond motifs is 1. The molecule has 3 rings (SSSR count). The highest BCUT2D eigenvalue weighted by Gasteiger charge is 2.32. The molecule has 0 fully saturated rings. The van der Waals surface area contributed by atoms with Gasteiger partial charge in [0.2, 0.25) is 0 Å². The number of nitrogens with one attached hydrogen (secondary N) is 1. The zero-order chi connectivity index (χ0) is 15.7. The van der Waals surface area contributed by atoms with Gasteiger partial charge >= 0.3 is 5.97 Å². The van der Waals surface area contributed by atoms with Gasteiger partial charge < -0.3 is 20.9 Å². The van der Waals surface area contributed by atoms with Crippen molar-refractivity contribution in [1.29, 1.82) is 0 Å². The smallest absolute Gasteiger partial charge is 0.338 e. The zero-order valence-electron chi connectivity index (χ0n) is 11.5. The Balaban J connectivity index is 1.79. The van der Waals surface area contributed by atoms with E-state index in [0.717, 1.165) is 4.88 Å². The minimum Gasteiger partial charge on any atom is -0.478 e. The molecule has 1 aromatic carbocycles. The number of nitrogens with two attached hydrogens (primary N) is 1. The maximum Gasteiger partial charge on any atom is 0.338 e. The maximum atomic E-state index is 12.3. The first-order valence-electron chi connectivity index (χ1n) is 6.67. The Kier molecular flexibility index (Phi) is 3.82. The predicted molar refractivity (Wildman–Crippen MR) is 83.0 cm³/mol. The van der Waals surface area contributed by atoms with Crippen molar-refractivity contribution < 1.29 is 19.4 Å². The number of hydrogen-bond acceptors (Lipinski definition) is 5. The van der Waals surface area contributed by atoms with E-state index in [9.17, 15) is 14.7 Å². The number of rotatable bonds is 3. The molecule has 1 aliphatic heterocycles. The number of thiophene rings is 1. The van der Waals surface area contributed by atoms with Gasteiger partial charge in [0, 0.05) is 17.0 Å². The normalized spacial score (nSPS) is 16.8. The Morgan fingerprint density at radius 3 is 2.73 bits per heavy atom. The molecule has 1 amide bonds. The quantitative estimate of drug-likeness (QED) is 0.804. The minimum atomic E-state index is -1.07. The van der Waals surface area contributed by atoms with Gasteiger partial charge in [0.1, 0.15) is 11.1 Å². The van der Waals surface area contributed by atoms with E-state index in [1.54, 1.807) is 12.1 Å². The number of hydrogen-bond donors (Lipinski definition) is 3. The first-order chi connectivity index (χ1) is 10.6. The number of carbonyl (C=O) groups excluding carboxylic acids is 1. The third-order valence-electron chi connectivity index (χ3n) is 3.47. The van der Waals surface area contributed by atoms with Crippen molar-refractivity contribution in [2.45, 2.75) is 19.1 Å². The molecule has 114 valence electrons. The van der Waals surface area contributed by atoms with Gasteiger partial charge in [0.15, 0.2) is 0 Å². The summed E-state index contributed by atoms with van der Waals surface area (Å²) in [5.74, 6) is -1.36. The van der Waals surface area contributed by atoms with Gasteiger partial charge in [-0.2, -0.15) is 0 Å². The Morgan fingerprint density at radius 1 is 1.32 bits per heavy atom. The minimum absolute atomic E-state index is 0.0980. The SMILES string of the molecule is Nc1sc2c(c1C(=O)O)CC(C(=O)Nc1ccccc1)OC2. The van der Waals surface area contributed by atoms with Gasteiger partial charge in [-0.15, -0.1) is 11.3 Å². The number of carboxylic acids is 1. The summed E-state index contributed by atoms with van der Waals surface area (Å²) in [6, 6.07) is 9.04. The molecule has 0 saturated heterocycles. The molecule has 0 bridgehead atoms. The van der Waals surface area contributed by atoms with Gasteiger partial charge in [-0.1, -0.05) is 18.2 Å². The standard InChI is InChI=1S/C15H14N2O4S/c16-13-12(15(19)20)9-6-10(21-7-11(9)22-13)14(18)17-8-4-2-1-3-5-8/h1-5,10H,6-7,16H2,(H,17,18)(H,19,20). The second-order valence-electron chi connectivity index (χ2n) is 4.91. The molecule has 0 saturated carbocycles. The highest BCUT2D eigenvalue weighted by molar-refractivity contribution is 7.16. The Labute approximate surface area is 130 Å². The molecule has 2 aromatic rings. The van der Waals surface area contributed by atoms with Crippen LogP contribution in [0.2, 0.25) is 0 Å². The average molecular weight is 318 g/mol. The molecule has 2 heterocycles. The Bertz CT molecular complexity index is 727. The van der Waals surface area contributed by atoms with Crippen molar-refractivity contribution in [1.82, 2.24) is 0 Å². The molecule has 0 spiro atoms. The molecule has 0 aliphatic carbocycles. The number of nitrogen functional groups attached to an aromatic ring is 1. The van der Waals surface area contributed by atoms with Gasteiger partial charge in [-0.25, -0.2) is 4.79 Å². The first-order valence-corrected chi connectivity index (χ1v) is 7.48. The molecular weight excluding hydrogens is 304 g/mol. The van der Waals surface area contributed by atoms with Crippen molar-refractivity contribution in [2.24, 2.45) is 0 Å². The van der Waals surface area contributed by atoms with Crippen molar-refractivity contribution >= 4 is 33.9 Å². The maximum absolute atomic E-state index is 12.3. The first kappa shape index (κ1) is 14.6. The number of ether oxygens (including phenoxy) is 1. The van der Waals surface area contributed by atoms with Gasteiger partial charge in [-0.05, 0) is 17.7 Å². The van der Waals surface area contributed by atoms with E-state index in [4.69, 9.17) is 10.5 Å². The van der Waals surface area contributed by atoms with Crippen LogP contribution in [0.5, 0.6) is 0 Å². The van der Waals surface area contributed by atoms with Crippen LogP contribution in [-0.2, 0) is 22.6 Å². The molecule has 7 heteroatoms. The van der Waals surface area contributed by atoms with E-state index in [0.29, 0.717) is 11.3 Å². The molecule has 0 radical (unpaired) electrons. The van der Waals surface area contributed by atoms with Crippen molar-refractivity contribution in [2.75, 3.05) is 11.1 Å². The summed E-state index contributed by atoms with van der Waals surface area (Å²) in [6.45, 7) is 0.199. The van der Waals surface area contributed by atoms with E-state index < -0.39 is 12.1 Å². The predicted octanol–water partition coefficient (Wildman–Crippen LogP) is 2.11. The summed E-state index contributed by atoms with van der Waals surface area (Å²) in [5.41, 5.74) is 7.12. The second kappa shape index (κ2) is 5.78. The summed E-state index contributed by atoms with van der Waals surface area (Å²) in [6.07, 6.45) is -0.511. The molecule has 1 aliphatic rings. The summed E-state index contributed by atoms with van der Waals surface area (Å²) >= 11 is 1.20. The average Bonchev–Trinajstić information content (AvgIpc) is 2.83. The van der Waals surface area contributed by atoms with E-state index in [1.807, 2.05) is 18.2 Å². The molecule has 1 atom stereocenters.